The number of hydrogen-bond donors (Lipinski definition) is 2. The number of nitriles is 1. The molecule has 0 saturated carbocycles. The van der Waals surface area contributed by atoms with Crippen LogP contribution in [0.2, 0.25) is 0 Å². The quantitative estimate of drug-likeness (QED) is 0.603. The van der Waals surface area contributed by atoms with Gasteiger partial charge in [-0.15, -0.1) is 0 Å². The van der Waals surface area contributed by atoms with Crippen molar-refractivity contribution in [2.75, 3.05) is 12.3 Å². The lowest BCUT2D eigenvalue weighted by atomic mass is 10.1. The lowest BCUT2D eigenvalue weighted by Gasteiger charge is -2.07. The Labute approximate surface area is 99.2 Å². The third-order valence-electron chi connectivity index (χ3n) is 2.30. The summed E-state index contributed by atoms with van der Waals surface area (Å²) in [6, 6.07) is 6.15. The molecule has 0 aliphatic rings. The topological polar surface area (TPSA) is 78.9 Å². The molecule has 0 aromatic heterocycles. The predicted molar refractivity (Wildman–Crippen MR) is 62.6 cm³/mol. The number of benzene rings is 1. The minimum absolute atomic E-state index is 0.137. The zero-order valence-electron chi connectivity index (χ0n) is 9.37. The molecular formula is C12H14FN3O. The highest BCUT2D eigenvalue weighted by molar-refractivity contribution is 5.99. The standard InChI is InChI=1S/C12H14FN3O/c13-10-6-4-5-9(11(10)15)12(17)16-8-3-1-2-7-14/h4-6H,1-3,8,15H2,(H,16,17). The van der Waals surface area contributed by atoms with Gasteiger partial charge in [-0.05, 0) is 25.0 Å². The molecule has 1 amide bonds. The third-order valence-corrected chi connectivity index (χ3v) is 2.30. The number of nitrogens with one attached hydrogen (secondary N) is 1. The minimum Gasteiger partial charge on any atom is -0.396 e. The molecule has 90 valence electrons. The molecule has 4 nitrogen and oxygen atoms in total. The number of halogens is 1. The van der Waals surface area contributed by atoms with Crippen LogP contribution in [0.3, 0.4) is 0 Å². The Kier molecular flexibility index (Phi) is 4.95. The summed E-state index contributed by atoms with van der Waals surface area (Å²) in [5.41, 5.74) is 5.46. The van der Waals surface area contributed by atoms with E-state index < -0.39 is 5.82 Å². The lowest BCUT2D eigenvalue weighted by Crippen LogP contribution is -2.25. The molecule has 5 heteroatoms. The lowest BCUT2D eigenvalue weighted by molar-refractivity contribution is 0.0953. The fourth-order valence-corrected chi connectivity index (χ4v) is 1.36. The average Bonchev–Trinajstić information content (AvgIpc) is 2.32. The Bertz CT molecular complexity index is 440. The minimum atomic E-state index is -0.595. The van der Waals surface area contributed by atoms with Crippen molar-refractivity contribution in [1.82, 2.24) is 5.32 Å². The molecule has 17 heavy (non-hydrogen) atoms. The summed E-state index contributed by atoms with van der Waals surface area (Å²) in [4.78, 5) is 11.6. The number of rotatable bonds is 5. The molecule has 1 aromatic rings. The molecule has 0 aliphatic carbocycles. The molecule has 0 radical (unpaired) electrons. The molecule has 0 fully saturated rings. The number of nitrogens with zero attached hydrogens (tertiary/aromatic N) is 1. The van der Waals surface area contributed by atoms with Crippen LogP contribution in [-0.2, 0) is 0 Å². The first-order chi connectivity index (χ1) is 8.16. The molecule has 0 atom stereocenters. The van der Waals surface area contributed by atoms with Crippen molar-refractivity contribution in [1.29, 1.82) is 5.26 Å². The fraction of sp³-hybridized carbons (Fsp3) is 0.333. The first kappa shape index (κ1) is 13.0. The van der Waals surface area contributed by atoms with Gasteiger partial charge in [0.1, 0.15) is 5.82 Å². The van der Waals surface area contributed by atoms with Crippen LogP contribution >= 0.6 is 0 Å². The van der Waals surface area contributed by atoms with Crippen molar-refractivity contribution in [3.8, 4) is 6.07 Å². The number of para-hydroxylation sites is 1. The van der Waals surface area contributed by atoms with Gasteiger partial charge in [0.05, 0.1) is 17.3 Å². The van der Waals surface area contributed by atoms with E-state index in [1.165, 1.54) is 18.2 Å². The molecule has 3 N–H and O–H groups in total. The smallest absolute Gasteiger partial charge is 0.253 e. The van der Waals surface area contributed by atoms with Gasteiger partial charge in [-0.2, -0.15) is 5.26 Å². The van der Waals surface area contributed by atoms with Gasteiger partial charge in [-0.25, -0.2) is 4.39 Å². The van der Waals surface area contributed by atoms with Crippen LogP contribution in [0.5, 0.6) is 0 Å². The summed E-state index contributed by atoms with van der Waals surface area (Å²) in [6.45, 7) is 0.455. The molecule has 0 saturated heterocycles. The van der Waals surface area contributed by atoms with E-state index in [-0.39, 0.29) is 17.2 Å². The predicted octanol–water partition coefficient (Wildman–Crippen LogP) is 1.83. The van der Waals surface area contributed by atoms with Gasteiger partial charge in [0.15, 0.2) is 0 Å². The molecule has 0 aliphatic heterocycles. The summed E-state index contributed by atoms with van der Waals surface area (Å²) < 4.78 is 13.1. The van der Waals surface area contributed by atoms with Gasteiger partial charge in [-0.3, -0.25) is 4.79 Å². The molecular weight excluding hydrogens is 221 g/mol. The van der Waals surface area contributed by atoms with Crippen LogP contribution in [0.1, 0.15) is 29.6 Å². The first-order valence-corrected chi connectivity index (χ1v) is 5.36. The van der Waals surface area contributed by atoms with Crippen molar-refractivity contribution in [2.45, 2.75) is 19.3 Å². The van der Waals surface area contributed by atoms with Crippen molar-refractivity contribution < 1.29 is 9.18 Å². The Morgan fingerprint density at radius 1 is 1.47 bits per heavy atom. The maximum Gasteiger partial charge on any atom is 0.253 e. The first-order valence-electron chi connectivity index (χ1n) is 5.36. The second-order valence-corrected chi connectivity index (χ2v) is 3.57. The van der Waals surface area contributed by atoms with E-state index in [9.17, 15) is 9.18 Å². The molecule has 0 spiro atoms. The molecule has 1 aromatic carbocycles. The Balaban J connectivity index is 2.48. The highest BCUT2D eigenvalue weighted by Crippen LogP contribution is 2.15. The van der Waals surface area contributed by atoms with Crippen molar-refractivity contribution in [3.05, 3.63) is 29.6 Å². The Hall–Kier alpha value is -2.09. The van der Waals surface area contributed by atoms with E-state index in [0.29, 0.717) is 19.4 Å². The largest absolute Gasteiger partial charge is 0.396 e. The molecule has 0 bridgehead atoms. The van der Waals surface area contributed by atoms with Crippen LogP contribution in [0.15, 0.2) is 18.2 Å². The number of anilines is 1. The third kappa shape index (κ3) is 3.76. The zero-order valence-corrected chi connectivity index (χ0v) is 9.37. The maximum atomic E-state index is 13.1. The summed E-state index contributed by atoms with van der Waals surface area (Å²) in [7, 11) is 0. The van der Waals surface area contributed by atoms with Crippen molar-refractivity contribution in [3.63, 3.8) is 0 Å². The van der Waals surface area contributed by atoms with Crippen LogP contribution in [0, 0.1) is 17.1 Å². The second kappa shape index (κ2) is 6.48. The zero-order chi connectivity index (χ0) is 12.7. The Morgan fingerprint density at radius 3 is 2.94 bits per heavy atom. The fourth-order valence-electron chi connectivity index (χ4n) is 1.36. The van der Waals surface area contributed by atoms with Crippen LogP contribution < -0.4 is 11.1 Å². The van der Waals surface area contributed by atoms with Crippen LogP contribution in [0.25, 0.3) is 0 Å². The van der Waals surface area contributed by atoms with Crippen molar-refractivity contribution >= 4 is 11.6 Å². The van der Waals surface area contributed by atoms with E-state index >= 15 is 0 Å². The van der Waals surface area contributed by atoms with Gasteiger partial charge in [0, 0.05) is 13.0 Å². The van der Waals surface area contributed by atoms with E-state index in [4.69, 9.17) is 11.0 Å². The highest BCUT2D eigenvalue weighted by Gasteiger charge is 2.11. The number of amides is 1. The normalized spacial score (nSPS) is 9.65. The van der Waals surface area contributed by atoms with E-state index in [1.54, 1.807) is 0 Å². The molecule has 0 unspecified atom stereocenters. The van der Waals surface area contributed by atoms with Crippen LogP contribution in [0.4, 0.5) is 10.1 Å². The maximum absolute atomic E-state index is 13.1. The van der Waals surface area contributed by atoms with E-state index in [1.807, 2.05) is 6.07 Å². The SMILES string of the molecule is N#CCCCCNC(=O)c1cccc(F)c1N. The number of nitrogens with two attached hydrogens (primary N) is 1. The number of carbonyl (C=O) groups is 1. The number of unbranched alkanes of at least 4 members (excludes halogenated alkanes) is 2. The number of hydrogen-bond acceptors (Lipinski definition) is 3. The van der Waals surface area contributed by atoms with Gasteiger partial charge < -0.3 is 11.1 Å². The highest BCUT2D eigenvalue weighted by atomic mass is 19.1. The van der Waals surface area contributed by atoms with Gasteiger partial charge in [-0.1, -0.05) is 6.07 Å². The number of nitrogen functional groups attached to an aromatic ring is 1. The second-order valence-electron chi connectivity index (χ2n) is 3.57. The van der Waals surface area contributed by atoms with E-state index in [0.717, 1.165) is 6.42 Å². The molecule has 1 rings (SSSR count). The van der Waals surface area contributed by atoms with E-state index in [2.05, 4.69) is 5.32 Å². The average molecular weight is 235 g/mol. The Morgan fingerprint density at radius 2 is 2.24 bits per heavy atom. The number of carbonyl (C=O) groups excluding carboxylic acids is 1. The van der Waals surface area contributed by atoms with Gasteiger partial charge in [0.25, 0.3) is 5.91 Å². The van der Waals surface area contributed by atoms with Gasteiger partial charge >= 0.3 is 0 Å². The summed E-state index contributed by atoms with van der Waals surface area (Å²) in [6.07, 6.45) is 1.92. The summed E-state index contributed by atoms with van der Waals surface area (Å²) in [5.74, 6) is -0.985. The van der Waals surface area contributed by atoms with Crippen molar-refractivity contribution in [2.24, 2.45) is 0 Å². The molecule has 0 heterocycles. The summed E-state index contributed by atoms with van der Waals surface area (Å²) >= 11 is 0. The summed E-state index contributed by atoms with van der Waals surface area (Å²) in [5, 5.41) is 11.0. The monoisotopic (exact) mass is 235 g/mol. The van der Waals surface area contributed by atoms with Crippen LogP contribution in [-0.4, -0.2) is 12.5 Å². The van der Waals surface area contributed by atoms with Gasteiger partial charge in [0.2, 0.25) is 0 Å².